The number of nitrogens with zero attached hydrogens (tertiary/aromatic N) is 1. The predicted molar refractivity (Wildman–Crippen MR) is 165 cm³/mol. The Labute approximate surface area is 232 Å². The third kappa shape index (κ3) is 10.1. The van der Waals surface area contributed by atoms with Crippen LogP contribution in [0.3, 0.4) is 0 Å². The van der Waals surface area contributed by atoms with Gasteiger partial charge in [-0.2, -0.15) is 5.26 Å². The Morgan fingerprint density at radius 3 is 2.39 bits per heavy atom. The number of hydrogen-bond donors (Lipinski definition) is 1. The molecule has 2 aliphatic carbocycles. The van der Waals surface area contributed by atoms with Crippen LogP contribution < -0.4 is 5.32 Å². The monoisotopic (exact) mass is 510 g/mol. The van der Waals surface area contributed by atoms with Gasteiger partial charge in [-0.1, -0.05) is 55.3 Å². The van der Waals surface area contributed by atoms with Crippen molar-refractivity contribution in [1.82, 2.24) is 0 Å². The molecule has 4 rings (SSSR count). The second-order valence-corrected chi connectivity index (χ2v) is 9.86. The molecule has 0 bridgehead atoms. The number of terminal acetylenes is 1. The molecule has 1 saturated carbocycles. The van der Waals surface area contributed by atoms with Crippen LogP contribution in [0.25, 0.3) is 5.57 Å². The molecule has 1 fully saturated rings. The number of ether oxygens (including phenoxy) is 1. The summed E-state index contributed by atoms with van der Waals surface area (Å²) in [5.74, 6) is 3.16. The Morgan fingerprint density at radius 1 is 1.13 bits per heavy atom. The van der Waals surface area contributed by atoms with Gasteiger partial charge in [0.1, 0.15) is 0 Å². The highest BCUT2D eigenvalue weighted by atomic mass is 16.4. The molecular formula is C35H46N2O. The molecule has 2 aromatic carbocycles. The third-order valence-corrected chi connectivity index (χ3v) is 6.86. The first-order valence-electron chi connectivity index (χ1n) is 13.7. The average Bonchev–Trinajstić information content (AvgIpc) is 3.80. The molecule has 0 radical (unpaired) electrons. The van der Waals surface area contributed by atoms with E-state index in [-0.39, 0.29) is 1.43 Å². The SMILES string of the molecule is C#CCCCC.CNc1ccc(C)c(C(/C=C2/CCCC(c3ccc(C#N)cc3)CC2)=C2C=C2)c1.COC.[HH]. The summed E-state index contributed by atoms with van der Waals surface area (Å²) >= 11 is 0. The zero-order valence-corrected chi connectivity index (χ0v) is 23.9. The number of anilines is 1. The molecular weight excluding hydrogens is 464 g/mol. The molecule has 1 atom stereocenters. The summed E-state index contributed by atoms with van der Waals surface area (Å²) in [6.07, 6.45) is 21.1. The van der Waals surface area contributed by atoms with E-state index in [9.17, 15) is 0 Å². The van der Waals surface area contributed by atoms with E-state index in [1.807, 2.05) is 19.2 Å². The molecule has 0 heterocycles. The first-order chi connectivity index (χ1) is 18.5. The highest BCUT2D eigenvalue weighted by molar-refractivity contribution is 5.87. The molecule has 2 aliphatic rings. The second-order valence-electron chi connectivity index (χ2n) is 9.86. The van der Waals surface area contributed by atoms with Gasteiger partial charge < -0.3 is 10.1 Å². The summed E-state index contributed by atoms with van der Waals surface area (Å²) in [7, 11) is 5.23. The Hall–Kier alpha value is -3.53. The fourth-order valence-electron chi connectivity index (χ4n) is 4.60. The molecule has 1 N–H and O–H groups in total. The van der Waals surface area contributed by atoms with Crippen molar-refractivity contribution >= 4 is 11.3 Å². The zero-order chi connectivity index (χ0) is 27.8. The molecule has 38 heavy (non-hydrogen) atoms. The smallest absolute Gasteiger partial charge is 0.0991 e. The first kappa shape index (κ1) is 30.7. The van der Waals surface area contributed by atoms with Crippen molar-refractivity contribution in [1.29, 1.82) is 5.26 Å². The third-order valence-electron chi connectivity index (χ3n) is 6.86. The highest BCUT2D eigenvalue weighted by Gasteiger charge is 2.19. The van der Waals surface area contributed by atoms with Crippen LogP contribution in [-0.2, 0) is 4.74 Å². The Kier molecular flexibility index (Phi) is 13.8. The summed E-state index contributed by atoms with van der Waals surface area (Å²) < 4.78 is 4.25. The van der Waals surface area contributed by atoms with E-state index in [0.717, 1.165) is 24.1 Å². The van der Waals surface area contributed by atoms with Gasteiger partial charge in [0.15, 0.2) is 0 Å². The zero-order valence-electron chi connectivity index (χ0n) is 23.9. The van der Waals surface area contributed by atoms with E-state index in [4.69, 9.17) is 11.7 Å². The Bertz CT molecular complexity index is 1180. The lowest BCUT2D eigenvalue weighted by molar-refractivity contribution is 0.277. The number of unbranched alkanes of at least 4 members (excludes halogenated alkanes) is 2. The fourth-order valence-corrected chi connectivity index (χ4v) is 4.60. The lowest BCUT2D eigenvalue weighted by Gasteiger charge is -2.14. The van der Waals surface area contributed by atoms with Crippen molar-refractivity contribution in [3.63, 3.8) is 0 Å². The van der Waals surface area contributed by atoms with Gasteiger partial charge in [-0.3, -0.25) is 0 Å². The maximum absolute atomic E-state index is 9.03. The molecule has 3 nitrogen and oxygen atoms in total. The Morgan fingerprint density at radius 2 is 1.84 bits per heavy atom. The minimum atomic E-state index is 0. The lowest BCUT2D eigenvalue weighted by atomic mass is 9.91. The van der Waals surface area contributed by atoms with Crippen molar-refractivity contribution in [3.8, 4) is 18.4 Å². The minimum Gasteiger partial charge on any atom is -0.388 e. The van der Waals surface area contributed by atoms with Gasteiger partial charge >= 0.3 is 0 Å². The quantitative estimate of drug-likeness (QED) is 0.239. The Balaban J connectivity index is 0.000000664. The van der Waals surface area contributed by atoms with Gasteiger partial charge in [0.25, 0.3) is 0 Å². The maximum Gasteiger partial charge on any atom is 0.0991 e. The van der Waals surface area contributed by atoms with Crippen LogP contribution in [0.1, 0.15) is 87.9 Å². The summed E-state index contributed by atoms with van der Waals surface area (Å²) in [5.41, 5.74) is 10.2. The summed E-state index contributed by atoms with van der Waals surface area (Å²) in [6, 6.07) is 17.0. The van der Waals surface area contributed by atoms with Crippen LogP contribution in [0.4, 0.5) is 5.69 Å². The molecule has 0 amide bonds. The van der Waals surface area contributed by atoms with E-state index in [1.54, 1.807) is 19.8 Å². The van der Waals surface area contributed by atoms with Crippen LogP contribution in [-0.4, -0.2) is 21.3 Å². The molecule has 202 valence electrons. The number of rotatable bonds is 6. The largest absolute Gasteiger partial charge is 0.388 e. The molecule has 0 aliphatic heterocycles. The van der Waals surface area contributed by atoms with Gasteiger partial charge in [-0.25, -0.2) is 0 Å². The van der Waals surface area contributed by atoms with Crippen LogP contribution in [0.15, 0.2) is 71.8 Å². The number of nitriles is 1. The number of allylic oxidation sites excluding steroid dienone is 6. The molecule has 1 unspecified atom stereocenters. The van der Waals surface area contributed by atoms with Crippen molar-refractivity contribution in [2.45, 2.75) is 71.1 Å². The van der Waals surface area contributed by atoms with Gasteiger partial charge in [0, 0.05) is 34.8 Å². The standard InChI is InChI=1S/C27H28N2.C6H10.C2H6O.H2/c1-19-6-15-25(29-2)17-26(19)27(24-13-14-24)16-20-4-3-5-22(10-7-20)23-11-8-21(18-28)9-12-23;1-3-5-6-4-2;1-3-2;/h6,8-9,11-17,22,29H,3-5,7,10H2,1-2H3;1H,4-6H2,2H3;1-2H3;1H/b20-16-;;;. The normalized spacial score (nSPS) is 16.6. The molecule has 3 heteroatoms. The summed E-state index contributed by atoms with van der Waals surface area (Å²) in [5, 5.41) is 12.3. The van der Waals surface area contributed by atoms with E-state index in [0.29, 0.717) is 5.92 Å². The van der Waals surface area contributed by atoms with Gasteiger partial charge in [0.05, 0.1) is 11.6 Å². The number of benzene rings is 2. The topological polar surface area (TPSA) is 45.0 Å². The first-order valence-corrected chi connectivity index (χ1v) is 13.7. The lowest BCUT2D eigenvalue weighted by Crippen LogP contribution is -1.97. The van der Waals surface area contributed by atoms with E-state index in [1.165, 1.54) is 66.4 Å². The van der Waals surface area contributed by atoms with Crippen molar-refractivity contribution < 1.29 is 6.16 Å². The van der Waals surface area contributed by atoms with Gasteiger partial charge in [-0.05, 0) is 103 Å². The number of methoxy groups -OCH3 is 1. The second kappa shape index (κ2) is 17.1. The van der Waals surface area contributed by atoms with E-state index in [2.05, 4.69) is 84.5 Å². The molecule has 0 saturated heterocycles. The van der Waals surface area contributed by atoms with Crippen LogP contribution in [0, 0.1) is 30.6 Å². The summed E-state index contributed by atoms with van der Waals surface area (Å²) in [6.45, 7) is 4.33. The maximum atomic E-state index is 9.03. The highest BCUT2D eigenvalue weighted by Crippen LogP contribution is 2.38. The van der Waals surface area contributed by atoms with Crippen molar-refractivity contribution in [3.05, 3.63) is 94.1 Å². The predicted octanol–water partition coefficient (Wildman–Crippen LogP) is 9.22. The number of aryl methyl sites for hydroxylation is 1. The van der Waals surface area contributed by atoms with Crippen LogP contribution >= 0.6 is 0 Å². The fraction of sp³-hybridized carbons (Fsp3) is 0.400. The number of nitrogens with one attached hydrogen (secondary N) is 1. The van der Waals surface area contributed by atoms with Gasteiger partial charge in [-0.15, -0.1) is 12.3 Å². The minimum absolute atomic E-state index is 0. The molecule has 0 aromatic heterocycles. The average molecular weight is 511 g/mol. The van der Waals surface area contributed by atoms with E-state index >= 15 is 0 Å². The van der Waals surface area contributed by atoms with Crippen LogP contribution in [0.5, 0.6) is 0 Å². The summed E-state index contributed by atoms with van der Waals surface area (Å²) in [4.78, 5) is 0. The van der Waals surface area contributed by atoms with Crippen molar-refractivity contribution in [2.75, 3.05) is 26.6 Å². The molecule has 0 spiro atoms. The van der Waals surface area contributed by atoms with Gasteiger partial charge in [0.2, 0.25) is 0 Å². The van der Waals surface area contributed by atoms with Crippen LogP contribution in [0.2, 0.25) is 0 Å². The van der Waals surface area contributed by atoms with E-state index < -0.39 is 0 Å². The molecule has 2 aromatic rings. The van der Waals surface area contributed by atoms with Crippen molar-refractivity contribution in [2.24, 2.45) is 0 Å². The number of hydrogen-bond acceptors (Lipinski definition) is 3.